The molecule has 0 saturated carbocycles. The number of carbonyl (C=O) groups excluding carboxylic acids is 1. The van der Waals surface area contributed by atoms with Crippen molar-refractivity contribution >= 4 is 29.1 Å². The first-order valence-electron chi connectivity index (χ1n) is 7.47. The van der Waals surface area contributed by atoms with Gasteiger partial charge in [-0.05, 0) is 37.1 Å². The number of nitrogens with zero attached hydrogens (tertiary/aromatic N) is 2. The lowest BCUT2D eigenvalue weighted by atomic mass is 10.2. The largest absolute Gasteiger partial charge is 0.376 e. The Morgan fingerprint density at radius 2 is 2.00 bits per heavy atom. The van der Waals surface area contributed by atoms with Crippen LogP contribution in [0.1, 0.15) is 23.2 Å². The van der Waals surface area contributed by atoms with Crippen LogP contribution in [0.5, 0.6) is 0 Å². The number of aromatic nitrogens is 2. The fourth-order valence-corrected chi connectivity index (χ4v) is 2.57. The predicted octanol–water partition coefficient (Wildman–Crippen LogP) is 2.97. The highest BCUT2D eigenvalue weighted by Crippen LogP contribution is 2.17. The van der Waals surface area contributed by atoms with Crippen molar-refractivity contribution in [3.8, 4) is 0 Å². The number of rotatable bonds is 5. The van der Waals surface area contributed by atoms with Gasteiger partial charge in [0.15, 0.2) is 5.82 Å². The van der Waals surface area contributed by atoms with Crippen LogP contribution in [-0.2, 0) is 4.74 Å². The summed E-state index contributed by atoms with van der Waals surface area (Å²) in [5.74, 6) is 0.707. The second-order valence-electron chi connectivity index (χ2n) is 5.25. The van der Waals surface area contributed by atoms with Gasteiger partial charge in [0.05, 0.1) is 16.7 Å². The summed E-state index contributed by atoms with van der Waals surface area (Å²) in [6.07, 6.45) is 2.40. The molecular formula is C16H17ClN4O2. The summed E-state index contributed by atoms with van der Waals surface area (Å²) in [6, 6.07) is 10.3. The molecule has 0 bridgehead atoms. The minimum atomic E-state index is -0.315. The molecule has 6 nitrogen and oxygen atoms in total. The topological polar surface area (TPSA) is 76.1 Å². The molecule has 1 fully saturated rings. The van der Waals surface area contributed by atoms with Gasteiger partial charge in [-0.2, -0.15) is 0 Å². The van der Waals surface area contributed by atoms with E-state index in [4.69, 9.17) is 16.3 Å². The first-order chi connectivity index (χ1) is 11.2. The summed E-state index contributed by atoms with van der Waals surface area (Å²) in [6.45, 7) is 1.53. The average Bonchev–Trinajstić information content (AvgIpc) is 3.08. The van der Waals surface area contributed by atoms with Gasteiger partial charge in [-0.25, -0.2) is 0 Å². The molecule has 1 unspecified atom stereocenters. The number of carbonyl (C=O) groups is 1. The van der Waals surface area contributed by atoms with E-state index in [1.807, 2.05) is 0 Å². The van der Waals surface area contributed by atoms with Crippen LogP contribution in [0.4, 0.5) is 11.6 Å². The summed E-state index contributed by atoms with van der Waals surface area (Å²) < 4.78 is 5.53. The van der Waals surface area contributed by atoms with Gasteiger partial charge in [0, 0.05) is 13.2 Å². The van der Waals surface area contributed by atoms with Crippen molar-refractivity contribution in [2.24, 2.45) is 0 Å². The SMILES string of the molecule is O=C(Nc1ccc(NCC2CCCO2)nn1)c1ccccc1Cl. The van der Waals surface area contributed by atoms with Gasteiger partial charge < -0.3 is 15.4 Å². The molecule has 1 aliphatic heterocycles. The summed E-state index contributed by atoms with van der Waals surface area (Å²) in [7, 11) is 0. The first-order valence-corrected chi connectivity index (χ1v) is 7.85. The summed E-state index contributed by atoms with van der Waals surface area (Å²) in [5.41, 5.74) is 0.400. The van der Waals surface area contributed by atoms with Crippen LogP contribution in [0, 0.1) is 0 Å². The molecule has 1 amide bonds. The fraction of sp³-hybridized carbons (Fsp3) is 0.312. The molecular weight excluding hydrogens is 316 g/mol. The minimum absolute atomic E-state index is 0.233. The van der Waals surface area contributed by atoms with E-state index in [2.05, 4.69) is 20.8 Å². The molecule has 0 aliphatic carbocycles. The van der Waals surface area contributed by atoms with E-state index >= 15 is 0 Å². The molecule has 1 atom stereocenters. The van der Waals surface area contributed by atoms with E-state index in [0.717, 1.165) is 19.4 Å². The van der Waals surface area contributed by atoms with E-state index in [0.29, 0.717) is 28.8 Å². The van der Waals surface area contributed by atoms with Crippen molar-refractivity contribution in [3.05, 3.63) is 47.0 Å². The zero-order valence-corrected chi connectivity index (χ0v) is 13.2. The molecule has 0 radical (unpaired) electrons. The van der Waals surface area contributed by atoms with Crippen molar-refractivity contribution in [1.82, 2.24) is 10.2 Å². The number of nitrogens with one attached hydrogen (secondary N) is 2. The normalized spacial score (nSPS) is 17.0. The number of anilines is 2. The van der Waals surface area contributed by atoms with Crippen LogP contribution in [0.2, 0.25) is 5.02 Å². The van der Waals surface area contributed by atoms with Crippen molar-refractivity contribution in [3.63, 3.8) is 0 Å². The van der Waals surface area contributed by atoms with Crippen LogP contribution in [0.15, 0.2) is 36.4 Å². The van der Waals surface area contributed by atoms with Crippen molar-refractivity contribution < 1.29 is 9.53 Å². The Labute approximate surface area is 139 Å². The number of ether oxygens (including phenoxy) is 1. The predicted molar refractivity (Wildman–Crippen MR) is 88.9 cm³/mol. The lowest BCUT2D eigenvalue weighted by molar-refractivity contribution is 0.102. The number of hydrogen-bond donors (Lipinski definition) is 2. The van der Waals surface area contributed by atoms with Crippen LogP contribution < -0.4 is 10.6 Å². The standard InChI is InChI=1S/C16H17ClN4O2/c17-13-6-2-1-5-12(13)16(22)19-15-8-7-14(20-21-15)18-10-11-4-3-9-23-11/h1-2,5-8,11H,3-4,9-10H2,(H,18,20)(H,19,21,22). The average molecular weight is 333 g/mol. The zero-order chi connectivity index (χ0) is 16.1. The smallest absolute Gasteiger partial charge is 0.258 e. The third kappa shape index (κ3) is 4.18. The minimum Gasteiger partial charge on any atom is -0.376 e. The van der Waals surface area contributed by atoms with Crippen molar-refractivity contribution in [2.45, 2.75) is 18.9 Å². The van der Waals surface area contributed by atoms with Gasteiger partial charge in [-0.1, -0.05) is 23.7 Å². The van der Waals surface area contributed by atoms with E-state index in [1.165, 1.54) is 0 Å². The first kappa shape index (κ1) is 15.7. The summed E-state index contributed by atoms with van der Waals surface area (Å²) in [5, 5.41) is 14.3. The fourth-order valence-electron chi connectivity index (χ4n) is 2.35. The molecule has 7 heteroatoms. The van der Waals surface area contributed by atoms with Gasteiger partial charge in [0.25, 0.3) is 5.91 Å². The molecule has 1 saturated heterocycles. The van der Waals surface area contributed by atoms with Crippen LogP contribution in [0.25, 0.3) is 0 Å². The molecule has 1 aromatic carbocycles. The van der Waals surface area contributed by atoms with Crippen molar-refractivity contribution in [1.29, 1.82) is 0 Å². The summed E-state index contributed by atoms with van der Waals surface area (Å²) >= 11 is 6.00. The molecule has 1 aliphatic rings. The Kier molecular flexibility index (Phi) is 5.05. The monoisotopic (exact) mass is 332 g/mol. The Morgan fingerprint density at radius 3 is 2.70 bits per heavy atom. The molecule has 120 valence electrons. The van der Waals surface area contributed by atoms with E-state index < -0.39 is 0 Å². The second-order valence-corrected chi connectivity index (χ2v) is 5.66. The molecule has 1 aromatic heterocycles. The highest BCUT2D eigenvalue weighted by atomic mass is 35.5. The third-order valence-electron chi connectivity index (χ3n) is 3.56. The lowest BCUT2D eigenvalue weighted by Crippen LogP contribution is -2.19. The molecule has 2 heterocycles. The maximum Gasteiger partial charge on any atom is 0.258 e. The Balaban J connectivity index is 1.56. The Morgan fingerprint density at radius 1 is 1.22 bits per heavy atom. The van der Waals surface area contributed by atoms with Crippen LogP contribution in [0.3, 0.4) is 0 Å². The lowest BCUT2D eigenvalue weighted by Gasteiger charge is -2.11. The molecule has 2 aromatic rings. The van der Waals surface area contributed by atoms with Crippen molar-refractivity contribution in [2.75, 3.05) is 23.8 Å². The second kappa shape index (κ2) is 7.39. The van der Waals surface area contributed by atoms with Gasteiger partial charge in [-0.3, -0.25) is 4.79 Å². The van der Waals surface area contributed by atoms with Crippen LogP contribution >= 0.6 is 11.6 Å². The quantitative estimate of drug-likeness (QED) is 0.880. The Hall–Kier alpha value is -2.18. The number of halogens is 1. The summed E-state index contributed by atoms with van der Waals surface area (Å²) in [4.78, 5) is 12.1. The van der Waals surface area contributed by atoms with Gasteiger partial charge in [0.1, 0.15) is 5.82 Å². The zero-order valence-electron chi connectivity index (χ0n) is 12.5. The molecule has 23 heavy (non-hydrogen) atoms. The van der Waals surface area contributed by atoms with E-state index in [9.17, 15) is 4.79 Å². The maximum absolute atomic E-state index is 12.1. The number of amides is 1. The highest BCUT2D eigenvalue weighted by Gasteiger charge is 2.15. The van der Waals surface area contributed by atoms with E-state index in [1.54, 1.807) is 36.4 Å². The number of hydrogen-bond acceptors (Lipinski definition) is 5. The van der Waals surface area contributed by atoms with Crippen LogP contribution in [-0.4, -0.2) is 35.4 Å². The van der Waals surface area contributed by atoms with Gasteiger partial charge in [0.2, 0.25) is 0 Å². The third-order valence-corrected chi connectivity index (χ3v) is 3.89. The maximum atomic E-state index is 12.1. The molecule has 3 rings (SSSR count). The highest BCUT2D eigenvalue weighted by molar-refractivity contribution is 6.34. The van der Waals surface area contributed by atoms with E-state index in [-0.39, 0.29) is 12.0 Å². The Bertz CT molecular complexity index is 672. The number of benzene rings is 1. The molecule has 2 N–H and O–H groups in total. The van der Waals surface area contributed by atoms with Gasteiger partial charge in [-0.15, -0.1) is 10.2 Å². The van der Waals surface area contributed by atoms with Gasteiger partial charge >= 0.3 is 0 Å². The molecule has 0 spiro atoms.